The molecule has 3 saturated heterocycles. The molecule has 4 heterocycles. The maximum Gasteiger partial charge on any atom is 0.251 e. The summed E-state index contributed by atoms with van der Waals surface area (Å²) in [7, 11) is 2.13. The summed E-state index contributed by atoms with van der Waals surface area (Å²) in [6.07, 6.45) is -0.960. The van der Waals surface area contributed by atoms with Crippen LogP contribution in [0.5, 0.6) is 0 Å². The third kappa shape index (κ3) is 5.20. The van der Waals surface area contributed by atoms with Gasteiger partial charge >= 0.3 is 0 Å². The lowest BCUT2D eigenvalue weighted by molar-refractivity contribution is -0.139. The van der Waals surface area contributed by atoms with E-state index in [0.717, 1.165) is 42.6 Å². The number of benzene rings is 1. The number of hydrogen-bond acceptors (Lipinski definition) is 9. The molecule has 3 fully saturated rings. The number of carbonyl (C=O) groups excluding carboxylic acids is 3. The minimum atomic E-state index is -0.918. The summed E-state index contributed by atoms with van der Waals surface area (Å²) >= 11 is 1.62. The van der Waals surface area contributed by atoms with E-state index in [2.05, 4.69) is 22.2 Å². The van der Waals surface area contributed by atoms with Crippen LogP contribution < -0.4 is 10.2 Å². The Morgan fingerprint density at radius 1 is 1.21 bits per heavy atom. The first-order valence-corrected chi connectivity index (χ1v) is 14.1. The number of ether oxygens (including phenoxy) is 1. The number of nitrogens with one attached hydrogen (secondary N) is 1. The molecule has 204 valence electrons. The Kier molecular flexibility index (Phi) is 7.80. The van der Waals surface area contributed by atoms with Crippen molar-refractivity contribution < 1.29 is 24.2 Å². The number of carbonyl (C=O) groups is 3. The summed E-state index contributed by atoms with van der Waals surface area (Å²) in [4.78, 5) is 49.9. The molecule has 0 saturated carbocycles. The van der Waals surface area contributed by atoms with E-state index in [1.807, 2.05) is 31.4 Å². The van der Waals surface area contributed by atoms with E-state index in [1.54, 1.807) is 23.5 Å². The molecule has 0 aliphatic carbocycles. The first-order valence-electron chi connectivity index (χ1n) is 13.2. The number of β-amino-alcohol motifs (C(OH)–C–C–N with tert-alkyl or cyclic N) is 1. The number of anilines is 1. The number of likely N-dealkylation sites (tertiary alicyclic amines) is 1. The third-order valence-electron chi connectivity index (χ3n) is 7.92. The molecule has 2 aromatic rings. The number of nitrogens with zero attached hydrogens (tertiary/aromatic N) is 4. The van der Waals surface area contributed by atoms with E-state index < -0.39 is 24.3 Å². The Morgan fingerprint density at radius 2 is 1.92 bits per heavy atom. The second kappa shape index (κ2) is 11.1. The number of aliphatic hydroxyl groups is 1. The molecule has 38 heavy (non-hydrogen) atoms. The van der Waals surface area contributed by atoms with E-state index in [4.69, 9.17) is 9.72 Å². The molecule has 3 aliphatic rings. The predicted octanol–water partition coefficient (Wildman–Crippen LogP) is 1.25. The van der Waals surface area contributed by atoms with Crippen LogP contribution in [0.25, 0.3) is 11.3 Å². The van der Waals surface area contributed by atoms with Crippen molar-refractivity contribution in [2.75, 3.05) is 51.3 Å². The van der Waals surface area contributed by atoms with Crippen molar-refractivity contribution in [1.82, 2.24) is 20.1 Å². The number of amides is 2. The fourth-order valence-electron chi connectivity index (χ4n) is 5.28. The number of aromatic nitrogens is 1. The van der Waals surface area contributed by atoms with E-state index >= 15 is 0 Å². The highest BCUT2D eigenvalue weighted by atomic mass is 32.1. The van der Waals surface area contributed by atoms with Crippen molar-refractivity contribution >= 4 is 34.1 Å². The number of piperazine rings is 1. The van der Waals surface area contributed by atoms with Gasteiger partial charge in [-0.05, 0) is 25.1 Å². The number of fused-ring (bicyclic) bond motifs is 1. The van der Waals surface area contributed by atoms with E-state index in [9.17, 15) is 19.5 Å². The number of hydrogen-bond donors (Lipinski definition) is 2. The molecular weight excluding hydrogens is 506 g/mol. The zero-order valence-electron chi connectivity index (χ0n) is 22.0. The molecule has 0 bridgehead atoms. The average Bonchev–Trinajstić information content (AvgIpc) is 3.65. The number of Topliss-reactive ketones (excluding diaryl/α,β-unsaturated/α-hetero) is 1. The SMILES string of the molecule is CC[C@H](C)[C@H](NC(=O)c1ccc(-c2csc(N3CCN(C)CC3)n2)cc1)C(=O)N1C[C@H](O)[C@@H]2OCC(=O)[C@H]21. The van der Waals surface area contributed by atoms with Gasteiger partial charge in [-0.15, -0.1) is 11.3 Å². The Morgan fingerprint density at radius 3 is 2.61 bits per heavy atom. The summed E-state index contributed by atoms with van der Waals surface area (Å²) in [5.41, 5.74) is 2.22. The van der Waals surface area contributed by atoms with Gasteiger partial charge in [-0.25, -0.2) is 4.98 Å². The van der Waals surface area contributed by atoms with Gasteiger partial charge in [-0.3, -0.25) is 14.4 Å². The monoisotopic (exact) mass is 541 g/mol. The number of ketones is 1. The van der Waals surface area contributed by atoms with Crippen LogP contribution in [0.1, 0.15) is 30.6 Å². The molecule has 10 nitrogen and oxygen atoms in total. The second-order valence-corrected chi connectivity index (χ2v) is 11.3. The summed E-state index contributed by atoms with van der Waals surface area (Å²) in [5, 5.41) is 16.2. The highest BCUT2D eigenvalue weighted by molar-refractivity contribution is 7.14. The first kappa shape index (κ1) is 26.7. The van der Waals surface area contributed by atoms with Crippen LogP contribution in [0.2, 0.25) is 0 Å². The average molecular weight is 542 g/mol. The van der Waals surface area contributed by atoms with Crippen molar-refractivity contribution in [3.05, 3.63) is 35.2 Å². The van der Waals surface area contributed by atoms with Crippen LogP contribution in [-0.2, 0) is 14.3 Å². The summed E-state index contributed by atoms with van der Waals surface area (Å²) in [6, 6.07) is 5.59. The molecule has 2 N–H and O–H groups in total. The predicted molar refractivity (Wildman–Crippen MR) is 144 cm³/mol. The van der Waals surface area contributed by atoms with Crippen LogP contribution in [0.15, 0.2) is 29.6 Å². The number of thiazole rings is 1. The van der Waals surface area contributed by atoms with Gasteiger partial charge in [-0.2, -0.15) is 0 Å². The molecular formula is C27H35N5O5S. The Hall–Kier alpha value is -2.86. The molecule has 0 spiro atoms. The first-order chi connectivity index (χ1) is 18.3. The van der Waals surface area contributed by atoms with E-state index in [-0.39, 0.29) is 36.7 Å². The minimum Gasteiger partial charge on any atom is -0.388 e. The van der Waals surface area contributed by atoms with Crippen molar-refractivity contribution in [2.45, 2.75) is 44.6 Å². The van der Waals surface area contributed by atoms with Crippen LogP contribution in [0.3, 0.4) is 0 Å². The third-order valence-corrected chi connectivity index (χ3v) is 8.82. The van der Waals surface area contributed by atoms with Gasteiger partial charge < -0.3 is 29.9 Å². The van der Waals surface area contributed by atoms with E-state index in [0.29, 0.717) is 12.0 Å². The van der Waals surface area contributed by atoms with Gasteiger partial charge in [0.15, 0.2) is 10.9 Å². The van der Waals surface area contributed by atoms with Gasteiger partial charge in [0.2, 0.25) is 5.91 Å². The summed E-state index contributed by atoms with van der Waals surface area (Å²) in [6.45, 7) is 7.69. The molecule has 3 aliphatic heterocycles. The highest BCUT2D eigenvalue weighted by Crippen LogP contribution is 2.30. The van der Waals surface area contributed by atoms with Crippen molar-refractivity contribution in [3.63, 3.8) is 0 Å². The minimum absolute atomic E-state index is 0.0150. The summed E-state index contributed by atoms with van der Waals surface area (Å²) in [5.74, 6) is -1.12. The quantitative estimate of drug-likeness (QED) is 0.538. The lowest BCUT2D eigenvalue weighted by atomic mass is 9.96. The van der Waals surface area contributed by atoms with Crippen LogP contribution >= 0.6 is 11.3 Å². The molecule has 0 unspecified atom stereocenters. The van der Waals surface area contributed by atoms with Crippen LogP contribution in [0.4, 0.5) is 5.13 Å². The highest BCUT2D eigenvalue weighted by Gasteiger charge is 2.53. The number of rotatable bonds is 7. The fourth-order valence-corrected chi connectivity index (χ4v) is 6.16. The molecule has 11 heteroatoms. The molecule has 2 amide bonds. The van der Waals surface area contributed by atoms with Crippen molar-refractivity contribution in [2.24, 2.45) is 5.92 Å². The normalized spacial score (nSPS) is 25.4. The number of aliphatic hydroxyl groups excluding tert-OH is 1. The molecule has 1 aromatic heterocycles. The second-order valence-electron chi connectivity index (χ2n) is 10.5. The van der Waals surface area contributed by atoms with Crippen molar-refractivity contribution in [1.29, 1.82) is 0 Å². The molecule has 5 atom stereocenters. The van der Waals surface area contributed by atoms with Gasteiger partial charge in [0.1, 0.15) is 30.9 Å². The smallest absolute Gasteiger partial charge is 0.251 e. The fraction of sp³-hybridized carbons (Fsp3) is 0.556. The zero-order valence-corrected chi connectivity index (χ0v) is 22.8. The number of likely N-dealkylation sites (N-methyl/N-ethyl adjacent to an activating group) is 1. The van der Waals surface area contributed by atoms with Crippen LogP contribution in [0, 0.1) is 5.92 Å². The largest absolute Gasteiger partial charge is 0.388 e. The van der Waals surface area contributed by atoms with Gasteiger partial charge in [0.25, 0.3) is 5.91 Å². The topological polar surface area (TPSA) is 115 Å². The lowest BCUT2D eigenvalue weighted by Gasteiger charge is -2.32. The zero-order chi connectivity index (χ0) is 27.0. The lowest BCUT2D eigenvalue weighted by Crippen LogP contribution is -2.54. The molecule has 0 radical (unpaired) electrons. The maximum absolute atomic E-state index is 13.5. The van der Waals surface area contributed by atoms with Crippen LogP contribution in [-0.4, -0.2) is 108 Å². The standard InChI is InChI=1S/C27H35N5O5S/c1-4-16(2)22(26(36)32-13-20(33)24-23(32)21(34)14-37-24)29-25(35)18-7-5-17(6-8-18)19-15-38-27(28-19)31-11-9-30(3)10-12-31/h5-8,15-16,20,22-24,33H,4,9-14H2,1-3H3,(H,29,35)/t16-,20-,22-,23+,24-/m0/s1. The van der Waals surface area contributed by atoms with E-state index in [1.165, 1.54) is 4.90 Å². The van der Waals surface area contributed by atoms with Crippen molar-refractivity contribution in [3.8, 4) is 11.3 Å². The maximum atomic E-state index is 13.5. The molecule has 1 aromatic carbocycles. The van der Waals surface area contributed by atoms with Gasteiger partial charge in [0, 0.05) is 42.7 Å². The summed E-state index contributed by atoms with van der Waals surface area (Å²) < 4.78 is 5.40. The Balaban J connectivity index is 1.27. The Bertz CT molecular complexity index is 1180. The Labute approximate surface area is 226 Å². The van der Waals surface area contributed by atoms with Gasteiger partial charge in [0.05, 0.1) is 12.2 Å². The molecule has 5 rings (SSSR count). The van der Waals surface area contributed by atoms with Gasteiger partial charge in [-0.1, -0.05) is 32.4 Å².